The minimum absolute atomic E-state index is 0.0245. The zero-order chi connectivity index (χ0) is 14.8. The average Bonchev–Trinajstić information content (AvgIpc) is 2.48. The lowest BCUT2D eigenvalue weighted by Gasteiger charge is -2.33. The van der Waals surface area contributed by atoms with Crippen LogP contribution in [0, 0.1) is 6.92 Å². The number of pyridine rings is 1. The maximum atomic E-state index is 6.19. The van der Waals surface area contributed by atoms with E-state index in [2.05, 4.69) is 24.1 Å². The van der Waals surface area contributed by atoms with E-state index in [9.17, 15) is 0 Å². The highest BCUT2D eigenvalue weighted by molar-refractivity contribution is 6.30. The van der Waals surface area contributed by atoms with Crippen molar-refractivity contribution in [2.45, 2.75) is 32.4 Å². The number of aryl methyl sites for hydroxylation is 1. The summed E-state index contributed by atoms with van der Waals surface area (Å²) in [6.45, 7) is 5.12. The summed E-state index contributed by atoms with van der Waals surface area (Å²) in [5, 5.41) is 4.27. The highest BCUT2D eigenvalue weighted by Gasteiger charge is 2.29. The molecule has 2 unspecified atom stereocenters. The van der Waals surface area contributed by atoms with Crippen molar-refractivity contribution in [2.75, 3.05) is 6.54 Å². The highest BCUT2D eigenvalue weighted by Crippen LogP contribution is 2.42. The van der Waals surface area contributed by atoms with Crippen molar-refractivity contribution in [2.24, 2.45) is 0 Å². The average molecular weight is 303 g/mol. The molecule has 0 fully saturated rings. The van der Waals surface area contributed by atoms with Crippen LogP contribution in [0.4, 0.5) is 0 Å². The summed E-state index contributed by atoms with van der Waals surface area (Å²) in [6.07, 6.45) is 4.63. The third-order valence-corrected chi connectivity index (χ3v) is 4.18. The SMILES string of the molecule is CCNC1CC(c2cnccc2C)Oc2ccc(Cl)cc21. The number of hydrogen-bond donors (Lipinski definition) is 1. The van der Waals surface area contributed by atoms with Crippen LogP contribution in [-0.2, 0) is 0 Å². The Balaban J connectivity index is 1.98. The van der Waals surface area contributed by atoms with Crippen LogP contribution in [-0.4, -0.2) is 11.5 Å². The van der Waals surface area contributed by atoms with E-state index in [1.807, 2.05) is 36.7 Å². The molecule has 3 rings (SSSR count). The van der Waals surface area contributed by atoms with E-state index in [0.717, 1.165) is 34.9 Å². The van der Waals surface area contributed by atoms with Gasteiger partial charge in [-0.25, -0.2) is 0 Å². The van der Waals surface area contributed by atoms with Gasteiger partial charge in [-0.15, -0.1) is 0 Å². The number of halogens is 1. The molecule has 0 radical (unpaired) electrons. The van der Waals surface area contributed by atoms with E-state index >= 15 is 0 Å². The lowest BCUT2D eigenvalue weighted by molar-refractivity contribution is 0.151. The standard InChI is InChI=1S/C17H19ClN2O/c1-3-20-15-9-17(14-10-19-7-6-11(14)2)21-16-5-4-12(18)8-13(15)16/h4-8,10,15,17,20H,3,9H2,1-2H3. The quantitative estimate of drug-likeness (QED) is 0.922. The summed E-state index contributed by atoms with van der Waals surface area (Å²) in [6, 6.07) is 8.11. The molecule has 1 N–H and O–H groups in total. The molecule has 0 aliphatic carbocycles. The number of ether oxygens (including phenoxy) is 1. The Bertz CT molecular complexity index is 644. The first-order valence-electron chi connectivity index (χ1n) is 7.29. The van der Waals surface area contributed by atoms with Gasteiger partial charge in [0.25, 0.3) is 0 Å². The summed E-state index contributed by atoms with van der Waals surface area (Å²) >= 11 is 6.13. The summed E-state index contributed by atoms with van der Waals surface area (Å²) < 4.78 is 6.19. The Morgan fingerprint density at radius 1 is 1.33 bits per heavy atom. The second-order valence-corrected chi connectivity index (χ2v) is 5.80. The van der Waals surface area contributed by atoms with Gasteiger partial charge in [0, 0.05) is 41.0 Å². The first-order valence-corrected chi connectivity index (χ1v) is 7.67. The lowest BCUT2D eigenvalue weighted by Crippen LogP contribution is -2.29. The van der Waals surface area contributed by atoms with Gasteiger partial charge >= 0.3 is 0 Å². The smallest absolute Gasteiger partial charge is 0.127 e. The molecule has 2 heterocycles. The van der Waals surface area contributed by atoms with E-state index < -0.39 is 0 Å². The minimum atomic E-state index is 0.0245. The molecule has 0 bridgehead atoms. The molecule has 110 valence electrons. The molecular weight excluding hydrogens is 284 g/mol. The Morgan fingerprint density at radius 2 is 2.19 bits per heavy atom. The van der Waals surface area contributed by atoms with Gasteiger partial charge in [0.2, 0.25) is 0 Å². The van der Waals surface area contributed by atoms with Gasteiger partial charge in [0.15, 0.2) is 0 Å². The van der Waals surface area contributed by atoms with Crippen molar-refractivity contribution in [3.63, 3.8) is 0 Å². The van der Waals surface area contributed by atoms with Crippen molar-refractivity contribution < 1.29 is 4.74 Å². The maximum Gasteiger partial charge on any atom is 0.127 e. The predicted molar refractivity (Wildman–Crippen MR) is 84.8 cm³/mol. The normalized spacial score (nSPS) is 20.7. The molecule has 4 heteroatoms. The largest absolute Gasteiger partial charge is 0.485 e. The topological polar surface area (TPSA) is 34.2 Å². The van der Waals surface area contributed by atoms with Crippen LogP contribution in [0.5, 0.6) is 5.75 Å². The summed E-state index contributed by atoms with van der Waals surface area (Å²) in [4.78, 5) is 4.24. The molecule has 21 heavy (non-hydrogen) atoms. The van der Waals surface area contributed by atoms with Crippen LogP contribution < -0.4 is 10.1 Å². The van der Waals surface area contributed by atoms with E-state index in [4.69, 9.17) is 16.3 Å². The van der Waals surface area contributed by atoms with Crippen LogP contribution in [0.25, 0.3) is 0 Å². The lowest BCUT2D eigenvalue weighted by atomic mass is 9.92. The molecule has 2 aromatic rings. The zero-order valence-electron chi connectivity index (χ0n) is 12.3. The van der Waals surface area contributed by atoms with Gasteiger partial charge in [0.05, 0.1) is 0 Å². The molecule has 0 amide bonds. The zero-order valence-corrected chi connectivity index (χ0v) is 13.0. The minimum Gasteiger partial charge on any atom is -0.485 e. The van der Waals surface area contributed by atoms with E-state index in [1.54, 1.807) is 0 Å². The fourth-order valence-electron chi connectivity index (χ4n) is 2.88. The highest BCUT2D eigenvalue weighted by atomic mass is 35.5. The summed E-state index contributed by atoms with van der Waals surface area (Å²) in [7, 11) is 0. The number of rotatable bonds is 3. The maximum absolute atomic E-state index is 6.19. The number of nitrogens with zero attached hydrogens (tertiary/aromatic N) is 1. The molecular formula is C17H19ClN2O. The third kappa shape index (κ3) is 2.89. The molecule has 1 aliphatic rings. The van der Waals surface area contributed by atoms with Gasteiger partial charge < -0.3 is 10.1 Å². The fourth-order valence-corrected chi connectivity index (χ4v) is 3.07. The van der Waals surface area contributed by atoms with Crippen LogP contribution in [0.1, 0.15) is 42.2 Å². The van der Waals surface area contributed by atoms with Gasteiger partial charge in [-0.1, -0.05) is 18.5 Å². The van der Waals surface area contributed by atoms with Crippen molar-refractivity contribution in [3.05, 3.63) is 58.4 Å². The Hall–Kier alpha value is -1.58. The van der Waals surface area contributed by atoms with E-state index in [-0.39, 0.29) is 12.1 Å². The number of nitrogens with one attached hydrogen (secondary N) is 1. The van der Waals surface area contributed by atoms with Crippen molar-refractivity contribution in [3.8, 4) is 5.75 Å². The number of aromatic nitrogens is 1. The number of fused-ring (bicyclic) bond motifs is 1. The number of benzene rings is 1. The fraction of sp³-hybridized carbons (Fsp3) is 0.353. The van der Waals surface area contributed by atoms with Crippen molar-refractivity contribution >= 4 is 11.6 Å². The van der Waals surface area contributed by atoms with Gasteiger partial charge in [0.1, 0.15) is 11.9 Å². The first kappa shape index (κ1) is 14.4. The van der Waals surface area contributed by atoms with E-state index in [1.165, 1.54) is 5.56 Å². The Morgan fingerprint density at radius 3 is 2.95 bits per heavy atom. The molecule has 1 aromatic carbocycles. The van der Waals surface area contributed by atoms with Crippen LogP contribution >= 0.6 is 11.6 Å². The molecule has 0 saturated heterocycles. The molecule has 0 saturated carbocycles. The van der Waals surface area contributed by atoms with E-state index in [0.29, 0.717) is 0 Å². The Kier molecular flexibility index (Phi) is 4.13. The Labute approximate surface area is 130 Å². The third-order valence-electron chi connectivity index (χ3n) is 3.94. The van der Waals surface area contributed by atoms with Gasteiger partial charge in [-0.3, -0.25) is 4.98 Å². The predicted octanol–water partition coefficient (Wildman–Crippen LogP) is 4.22. The molecule has 1 aliphatic heterocycles. The monoisotopic (exact) mass is 302 g/mol. The second-order valence-electron chi connectivity index (χ2n) is 5.37. The van der Waals surface area contributed by atoms with Crippen LogP contribution in [0.2, 0.25) is 5.02 Å². The molecule has 3 nitrogen and oxygen atoms in total. The first-order chi connectivity index (χ1) is 10.2. The number of hydrogen-bond acceptors (Lipinski definition) is 3. The summed E-state index contributed by atoms with van der Waals surface area (Å²) in [5.74, 6) is 0.907. The molecule has 2 atom stereocenters. The molecule has 1 aromatic heterocycles. The van der Waals surface area contributed by atoms with Gasteiger partial charge in [-0.2, -0.15) is 0 Å². The molecule has 0 spiro atoms. The second kappa shape index (κ2) is 6.04. The van der Waals surface area contributed by atoms with Crippen LogP contribution in [0.3, 0.4) is 0 Å². The summed E-state index contributed by atoms with van der Waals surface area (Å²) in [5.41, 5.74) is 3.51. The van der Waals surface area contributed by atoms with Gasteiger partial charge in [-0.05, 0) is 43.3 Å². The van der Waals surface area contributed by atoms with Crippen molar-refractivity contribution in [1.29, 1.82) is 0 Å². The van der Waals surface area contributed by atoms with Crippen LogP contribution in [0.15, 0.2) is 36.7 Å². The van der Waals surface area contributed by atoms with Crippen molar-refractivity contribution in [1.82, 2.24) is 10.3 Å².